The lowest BCUT2D eigenvalue weighted by Crippen LogP contribution is -2.28. The van der Waals surface area contributed by atoms with Crippen molar-refractivity contribution in [1.29, 1.82) is 5.26 Å². The van der Waals surface area contributed by atoms with E-state index in [4.69, 9.17) is 19.5 Å². The van der Waals surface area contributed by atoms with Crippen LogP contribution in [0.4, 0.5) is 11.4 Å². The summed E-state index contributed by atoms with van der Waals surface area (Å²) < 4.78 is 16.0. The Morgan fingerprint density at radius 3 is 2.41 bits per heavy atom. The van der Waals surface area contributed by atoms with E-state index >= 15 is 0 Å². The molecule has 1 saturated heterocycles. The molecule has 1 N–H and O–H groups in total. The number of amides is 2. The third kappa shape index (κ3) is 4.09. The summed E-state index contributed by atoms with van der Waals surface area (Å²) in [6, 6.07) is 12.0. The normalized spacial score (nSPS) is 15.6. The van der Waals surface area contributed by atoms with Crippen molar-refractivity contribution in [2.24, 2.45) is 5.92 Å². The van der Waals surface area contributed by atoms with Crippen LogP contribution in [-0.2, 0) is 9.59 Å². The zero-order valence-corrected chi connectivity index (χ0v) is 16.4. The minimum atomic E-state index is -0.521. The van der Waals surface area contributed by atoms with Gasteiger partial charge in [-0.25, -0.2) is 0 Å². The second kappa shape index (κ2) is 8.52. The third-order valence-electron chi connectivity index (χ3n) is 4.72. The van der Waals surface area contributed by atoms with Crippen molar-refractivity contribution in [2.75, 3.05) is 38.1 Å². The van der Waals surface area contributed by atoms with Crippen LogP contribution in [0.5, 0.6) is 17.2 Å². The summed E-state index contributed by atoms with van der Waals surface area (Å²) in [5, 5.41) is 11.8. The molecule has 150 valence electrons. The van der Waals surface area contributed by atoms with Gasteiger partial charge in [0.2, 0.25) is 17.6 Å². The fourth-order valence-electron chi connectivity index (χ4n) is 3.27. The summed E-state index contributed by atoms with van der Waals surface area (Å²) in [6.45, 7) is 0.223. The minimum absolute atomic E-state index is 0.0838. The fraction of sp³-hybridized carbons (Fsp3) is 0.286. The van der Waals surface area contributed by atoms with Crippen molar-refractivity contribution in [1.82, 2.24) is 0 Å². The van der Waals surface area contributed by atoms with E-state index in [-0.39, 0.29) is 24.8 Å². The molecular weight excluding hydrogens is 374 g/mol. The van der Waals surface area contributed by atoms with Crippen molar-refractivity contribution in [3.63, 3.8) is 0 Å². The zero-order chi connectivity index (χ0) is 21.0. The van der Waals surface area contributed by atoms with Crippen molar-refractivity contribution < 1.29 is 23.8 Å². The highest BCUT2D eigenvalue weighted by atomic mass is 16.5. The molecular formula is C21H21N3O5. The number of methoxy groups -OCH3 is 3. The molecule has 2 aromatic carbocycles. The maximum Gasteiger partial charge on any atom is 0.229 e. The van der Waals surface area contributed by atoms with Gasteiger partial charge in [0.05, 0.1) is 44.6 Å². The number of rotatable bonds is 6. The Balaban J connectivity index is 1.79. The van der Waals surface area contributed by atoms with E-state index in [9.17, 15) is 9.59 Å². The average Bonchev–Trinajstić information content (AvgIpc) is 3.14. The molecule has 0 saturated carbocycles. The topological polar surface area (TPSA) is 101 Å². The van der Waals surface area contributed by atoms with E-state index in [1.165, 1.54) is 26.2 Å². The van der Waals surface area contributed by atoms with Crippen LogP contribution < -0.4 is 24.4 Å². The summed E-state index contributed by atoms with van der Waals surface area (Å²) in [4.78, 5) is 26.8. The first-order chi connectivity index (χ1) is 14.0. The molecule has 1 unspecified atom stereocenters. The van der Waals surface area contributed by atoms with Crippen LogP contribution in [0, 0.1) is 17.2 Å². The molecule has 29 heavy (non-hydrogen) atoms. The first-order valence-corrected chi connectivity index (χ1v) is 8.92. The van der Waals surface area contributed by atoms with E-state index < -0.39 is 5.92 Å². The van der Waals surface area contributed by atoms with Crippen LogP contribution in [0.1, 0.15) is 12.0 Å². The van der Waals surface area contributed by atoms with Gasteiger partial charge in [0.1, 0.15) is 0 Å². The van der Waals surface area contributed by atoms with Crippen LogP contribution in [0.3, 0.4) is 0 Å². The monoisotopic (exact) mass is 395 g/mol. The smallest absolute Gasteiger partial charge is 0.229 e. The molecule has 3 rings (SSSR count). The molecule has 1 atom stereocenters. The van der Waals surface area contributed by atoms with Crippen molar-refractivity contribution in [3.8, 4) is 23.3 Å². The fourth-order valence-corrected chi connectivity index (χ4v) is 3.27. The van der Waals surface area contributed by atoms with Crippen molar-refractivity contribution >= 4 is 23.2 Å². The van der Waals surface area contributed by atoms with Gasteiger partial charge < -0.3 is 24.4 Å². The second-order valence-corrected chi connectivity index (χ2v) is 6.47. The SMILES string of the molecule is COc1cc(N2CC(C(=O)Nc3cccc(C#N)c3)CC2=O)cc(OC)c1OC. The van der Waals surface area contributed by atoms with Crippen LogP contribution in [-0.4, -0.2) is 39.7 Å². The molecule has 8 heteroatoms. The van der Waals surface area contributed by atoms with Crippen LogP contribution in [0.25, 0.3) is 0 Å². The van der Waals surface area contributed by atoms with Gasteiger partial charge in [0.25, 0.3) is 0 Å². The molecule has 0 radical (unpaired) electrons. The summed E-state index contributed by atoms with van der Waals surface area (Å²) in [7, 11) is 4.50. The minimum Gasteiger partial charge on any atom is -0.493 e. The zero-order valence-electron chi connectivity index (χ0n) is 16.4. The Bertz CT molecular complexity index is 958. The quantitative estimate of drug-likeness (QED) is 0.807. The van der Waals surface area contributed by atoms with Crippen molar-refractivity contribution in [3.05, 3.63) is 42.0 Å². The Morgan fingerprint density at radius 1 is 1.14 bits per heavy atom. The van der Waals surface area contributed by atoms with Gasteiger partial charge in [-0.1, -0.05) is 6.07 Å². The van der Waals surface area contributed by atoms with E-state index in [1.54, 1.807) is 36.4 Å². The number of carbonyl (C=O) groups excluding carboxylic acids is 2. The maximum atomic E-state index is 12.6. The Kier molecular flexibility index (Phi) is 5.88. The van der Waals surface area contributed by atoms with Gasteiger partial charge in [0.15, 0.2) is 11.5 Å². The highest BCUT2D eigenvalue weighted by Crippen LogP contribution is 2.42. The van der Waals surface area contributed by atoms with Gasteiger partial charge in [-0.3, -0.25) is 9.59 Å². The maximum absolute atomic E-state index is 12.6. The Hall–Kier alpha value is -3.73. The molecule has 2 aromatic rings. The number of nitriles is 1. The Morgan fingerprint density at radius 2 is 1.83 bits per heavy atom. The predicted octanol–water partition coefficient (Wildman–Crippen LogP) is 2.58. The van der Waals surface area contributed by atoms with Gasteiger partial charge in [-0.05, 0) is 18.2 Å². The molecule has 1 fully saturated rings. The predicted molar refractivity (Wildman–Crippen MR) is 106 cm³/mol. The number of nitrogens with zero attached hydrogens (tertiary/aromatic N) is 2. The van der Waals surface area contributed by atoms with Gasteiger partial charge >= 0.3 is 0 Å². The van der Waals surface area contributed by atoms with Gasteiger partial charge in [-0.15, -0.1) is 0 Å². The first kappa shape index (κ1) is 20.0. The number of hydrogen-bond donors (Lipinski definition) is 1. The number of nitrogens with one attached hydrogen (secondary N) is 1. The van der Waals surface area contributed by atoms with Crippen LogP contribution >= 0.6 is 0 Å². The van der Waals surface area contributed by atoms with E-state index in [2.05, 4.69) is 5.32 Å². The lowest BCUT2D eigenvalue weighted by Gasteiger charge is -2.20. The number of ether oxygens (including phenoxy) is 3. The molecule has 1 aliphatic heterocycles. The summed E-state index contributed by atoms with van der Waals surface area (Å²) in [5.41, 5.74) is 1.53. The molecule has 0 bridgehead atoms. The van der Waals surface area contributed by atoms with E-state index in [1.807, 2.05) is 6.07 Å². The molecule has 1 aliphatic rings. The highest BCUT2D eigenvalue weighted by molar-refractivity contribution is 6.03. The van der Waals surface area contributed by atoms with Crippen LogP contribution in [0.15, 0.2) is 36.4 Å². The highest BCUT2D eigenvalue weighted by Gasteiger charge is 2.36. The number of carbonyl (C=O) groups is 2. The van der Waals surface area contributed by atoms with E-state index in [0.717, 1.165) is 0 Å². The van der Waals surface area contributed by atoms with Crippen molar-refractivity contribution in [2.45, 2.75) is 6.42 Å². The lowest BCUT2D eigenvalue weighted by atomic mass is 10.1. The standard InChI is InChI=1S/C21H21N3O5/c1-27-17-9-16(10-18(28-2)20(17)29-3)24-12-14(8-19(24)25)21(26)23-15-6-4-5-13(7-15)11-22/h4-7,9-10,14H,8,12H2,1-3H3,(H,23,26). The van der Waals surface area contributed by atoms with Gasteiger partial charge in [-0.2, -0.15) is 5.26 Å². The number of hydrogen-bond acceptors (Lipinski definition) is 6. The number of benzene rings is 2. The lowest BCUT2D eigenvalue weighted by molar-refractivity contribution is -0.122. The van der Waals surface area contributed by atoms with Crippen LogP contribution in [0.2, 0.25) is 0 Å². The summed E-state index contributed by atoms with van der Waals surface area (Å²) in [5.74, 6) is 0.310. The molecule has 1 heterocycles. The summed E-state index contributed by atoms with van der Waals surface area (Å²) in [6.07, 6.45) is 0.0838. The second-order valence-electron chi connectivity index (χ2n) is 6.47. The summed E-state index contributed by atoms with van der Waals surface area (Å²) >= 11 is 0. The molecule has 0 spiro atoms. The third-order valence-corrected chi connectivity index (χ3v) is 4.72. The Labute approximate surface area is 168 Å². The van der Waals surface area contributed by atoms with Gasteiger partial charge in [0, 0.05) is 30.8 Å². The molecule has 2 amide bonds. The largest absolute Gasteiger partial charge is 0.493 e. The average molecular weight is 395 g/mol. The first-order valence-electron chi connectivity index (χ1n) is 8.92. The molecule has 0 aliphatic carbocycles. The van der Waals surface area contributed by atoms with E-state index in [0.29, 0.717) is 34.2 Å². The molecule has 8 nitrogen and oxygen atoms in total. The molecule has 0 aromatic heterocycles. The number of anilines is 2.